The Hall–Kier alpha value is -3.13. The van der Waals surface area contributed by atoms with Gasteiger partial charge in [0.05, 0.1) is 17.0 Å². The number of benzene rings is 1. The van der Waals surface area contributed by atoms with Gasteiger partial charge in [-0.1, -0.05) is 24.3 Å². The first kappa shape index (κ1) is 20.6. The van der Waals surface area contributed by atoms with E-state index in [1.165, 1.54) is 11.3 Å². The standard InChI is InChI=1S/C21H24N4O3S/c1-2-9-22-20(27)16-6-3-4-7-17(16)23-15-19(26)24-10-12-25(13-11-24)21(28)18-8-5-14-29-18/h2-8,14,23H,1,9-13,15H2,(H,22,27). The summed E-state index contributed by atoms with van der Waals surface area (Å²) in [5.41, 5.74) is 1.09. The van der Waals surface area contributed by atoms with Crippen LogP contribution in [0.15, 0.2) is 54.4 Å². The van der Waals surface area contributed by atoms with Crippen molar-refractivity contribution in [2.45, 2.75) is 0 Å². The zero-order valence-corrected chi connectivity index (χ0v) is 16.9. The van der Waals surface area contributed by atoms with Gasteiger partial charge in [-0.3, -0.25) is 14.4 Å². The van der Waals surface area contributed by atoms with Crippen LogP contribution in [0.1, 0.15) is 20.0 Å². The molecule has 0 atom stereocenters. The minimum absolute atomic E-state index is 0.0182. The molecule has 1 aliphatic heterocycles. The number of nitrogens with zero attached hydrogens (tertiary/aromatic N) is 2. The molecule has 0 spiro atoms. The Morgan fingerprint density at radius 1 is 1.03 bits per heavy atom. The van der Waals surface area contributed by atoms with E-state index in [4.69, 9.17) is 0 Å². The fraction of sp³-hybridized carbons (Fsp3) is 0.286. The van der Waals surface area contributed by atoms with Crippen LogP contribution >= 0.6 is 11.3 Å². The molecule has 1 fully saturated rings. The van der Waals surface area contributed by atoms with Gasteiger partial charge in [0.1, 0.15) is 0 Å². The highest BCUT2D eigenvalue weighted by molar-refractivity contribution is 7.12. The number of rotatable bonds is 7. The maximum atomic E-state index is 12.6. The third kappa shape index (κ3) is 5.23. The number of nitrogens with one attached hydrogen (secondary N) is 2. The van der Waals surface area contributed by atoms with Crippen LogP contribution in [0.5, 0.6) is 0 Å². The maximum absolute atomic E-state index is 12.6. The SMILES string of the molecule is C=CCNC(=O)c1ccccc1NCC(=O)N1CCN(C(=O)c2cccs2)CC1. The van der Waals surface area contributed by atoms with E-state index in [0.717, 1.165) is 4.88 Å². The van der Waals surface area contributed by atoms with Crippen molar-refractivity contribution in [3.05, 3.63) is 64.9 Å². The largest absolute Gasteiger partial charge is 0.376 e. The summed E-state index contributed by atoms with van der Waals surface area (Å²) >= 11 is 1.43. The summed E-state index contributed by atoms with van der Waals surface area (Å²) in [5.74, 6) is -0.264. The van der Waals surface area contributed by atoms with Crippen molar-refractivity contribution in [2.24, 2.45) is 0 Å². The summed E-state index contributed by atoms with van der Waals surface area (Å²) in [6.07, 6.45) is 1.61. The van der Waals surface area contributed by atoms with Gasteiger partial charge in [-0.05, 0) is 23.6 Å². The van der Waals surface area contributed by atoms with Gasteiger partial charge in [-0.25, -0.2) is 0 Å². The van der Waals surface area contributed by atoms with Gasteiger partial charge in [-0.2, -0.15) is 0 Å². The predicted octanol–water partition coefficient (Wildman–Crippen LogP) is 2.06. The molecule has 0 bridgehead atoms. The van der Waals surface area contributed by atoms with E-state index in [1.807, 2.05) is 23.6 Å². The monoisotopic (exact) mass is 412 g/mol. The van der Waals surface area contributed by atoms with E-state index in [-0.39, 0.29) is 24.3 Å². The minimum atomic E-state index is -0.221. The average molecular weight is 413 g/mol. The van der Waals surface area contributed by atoms with Crippen LogP contribution in [0.3, 0.4) is 0 Å². The molecule has 29 heavy (non-hydrogen) atoms. The zero-order valence-electron chi connectivity index (χ0n) is 16.1. The molecule has 8 heteroatoms. The fourth-order valence-corrected chi connectivity index (χ4v) is 3.78. The number of amides is 3. The third-order valence-corrected chi connectivity index (χ3v) is 5.52. The first-order valence-corrected chi connectivity index (χ1v) is 10.3. The molecule has 1 aromatic carbocycles. The predicted molar refractivity (Wildman–Crippen MR) is 114 cm³/mol. The number of piperazine rings is 1. The lowest BCUT2D eigenvalue weighted by Crippen LogP contribution is -2.51. The van der Waals surface area contributed by atoms with Crippen LogP contribution in [-0.4, -0.2) is 66.8 Å². The summed E-state index contributed by atoms with van der Waals surface area (Å²) < 4.78 is 0. The number of hydrogen-bond donors (Lipinski definition) is 2. The van der Waals surface area contributed by atoms with E-state index in [2.05, 4.69) is 17.2 Å². The van der Waals surface area contributed by atoms with Crippen LogP contribution in [-0.2, 0) is 4.79 Å². The average Bonchev–Trinajstić information content (AvgIpc) is 3.30. The number of carbonyl (C=O) groups excluding carboxylic acids is 3. The second-order valence-electron chi connectivity index (χ2n) is 6.55. The molecular weight excluding hydrogens is 388 g/mol. The smallest absolute Gasteiger partial charge is 0.264 e. The Balaban J connectivity index is 1.51. The van der Waals surface area contributed by atoms with E-state index in [1.54, 1.807) is 34.1 Å². The van der Waals surface area contributed by atoms with Crippen LogP contribution in [0.4, 0.5) is 5.69 Å². The van der Waals surface area contributed by atoms with Crippen LogP contribution in [0.25, 0.3) is 0 Å². The lowest BCUT2D eigenvalue weighted by molar-refractivity contribution is -0.130. The summed E-state index contributed by atoms with van der Waals surface area (Å²) in [5, 5.41) is 7.69. The molecule has 3 amide bonds. The molecule has 2 heterocycles. The molecule has 1 aromatic heterocycles. The molecule has 1 saturated heterocycles. The lowest BCUT2D eigenvalue weighted by atomic mass is 10.1. The van der Waals surface area contributed by atoms with Gasteiger partial charge in [-0.15, -0.1) is 17.9 Å². The Kier molecular flexibility index (Phi) is 7.02. The minimum Gasteiger partial charge on any atom is -0.376 e. The highest BCUT2D eigenvalue weighted by atomic mass is 32.1. The fourth-order valence-electron chi connectivity index (χ4n) is 3.09. The molecule has 1 aliphatic rings. The first-order valence-electron chi connectivity index (χ1n) is 9.42. The highest BCUT2D eigenvalue weighted by Gasteiger charge is 2.25. The maximum Gasteiger partial charge on any atom is 0.264 e. The van der Waals surface area contributed by atoms with Crippen LogP contribution < -0.4 is 10.6 Å². The molecule has 0 radical (unpaired) electrons. The molecule has 0 unspecified atom stereocenters. The van der Waals surface area contributed by atoms with E-state index >= 15 is 0 Å². The van der Waals surface area contributed by atoms with E-state index in [0.29, 0.717) is 44.0 Å². The van der Waals surface area contributed by atoms with Gasteiger partial charge >= 0.3 is 0 Å². The molecule has 2 aromatic rings. The summed E-state index contributed by atoms with van der Waals surface area (Å²) in [7, 11) is 0. The van der Waals surface area contributed by atoms with Gasteiger partial charge in [0, 0.05) is 38.4 Å². The summed E-state index contributed by atoms with van der Waals surface area (Å²) in [6.45, 7) is 6.08. The van der Waals surface area contributed by atoms with Crippen molar-refractivity contribution in [1.29, 1.82) is 0 Å². The number of anilines is 1. The van der Waals surface area contributed by atoms with Crippen molar-refractivity contribution in [3.8, 4) is 0 Å². The van der Waals surface area contributed by atoms with Crippen molar-refractivity contribution in [3.63, 3.8) is 0 Å². The first-order chi connectivity index (χ1) is 14.1. The van der Waals surface area contributed by atoms with Gasteiger partial charge in [0.2, 0.25) is 5.91 Å². The number of thiophene rings is 1. The summed E-state index contributed by atoms with van der Waals surface area (Å²) in [4.78, 5) is 41.5. The van der Waals surface area contributed by atoms with Crippen molar-refractivity contribution >= 4 is 34.7 Å². The molecule has 2 N–H and O–H groups in total. The molecule has 0 saturated carbocycles. The second-order valence-corrected chi connectivity index (χ2v) is 7.50. The third-order valence-electron chi connectivity index (χ3n) is 4.66. The van der Waals surface area contributed by atoms with Gasteiger partial charge < -0.3 is 20.4 Å². The van der Waals surface area contributed by atoms with Crippen molar-refractivity contribution < 1.29 is 14.4 Å². The normalized spacial score (nSPS) is 13.7. The lowest BCUT2D eigenvalue weighted by Gasteiger charge is -2.34. The molecule has 152 valence electrons. The van der Waals surface area contributed by atoms with Crippen molar-refractivity contribution in [1.82, 2.24) is 15.1 Å². The molecule has 3 rings (SSSR count). The Morgan fingerprint density at radius 2 is 1.76 bits per heavy atom. The Morgan fingerprint density at radius 3 is 2.45 bits per heavy atom. The van der Waals surface area contributed by atoms with Gasteiger partial charge in [0.25, 0.3) is 11.8 Å². The zero-order chi connectivity index (χ0) is 20.6. The summed E-state index contributed by atoms with van der Waals surface area (Å²) in [6, 6.07) is 10.7. The van der Waals surface area contributed by atoms with E-state index < -0.39 is 0 Å². The Bertz CT molecular complexity index is 874. The van der Waals surface area contributed by atoms with Crippen LogP contribution in [0.2, 0.25) is 0 Å². The number of carbonyl (C=O) groups is 3. The molecule has 0 aliphatic carbocycles. The van der Waals surface area contributed by atoms with Crippen LogP contribution in [0, 0.1) is 0 Å². The van der Waals surface area contributed by atoms with E-state index in [9.17, 15) is 14.4 Å². The highest BCUT2D eigenvalue weighted by Crippen LogP contribution is 2.16. The quantitative estimate of drug-likeness (QED) is 0.682. The molecule has 7 nitrogen and oxygen atoms in total. The van der Waals surface area contributed by atoms with Crippen molar-refractivity contribution in [2.75, 3.05) is 44.6 Å². The number of hydrogen-bond acceptors (Lipinski definition) is 5. The number of para-hydroxylation sites is 1. The molecular formula is C21H24N4O3S. The van der Waals surface area contributed by atoms with Gasteiger partial charge in [0.15, 0.2) is 0 Å². The Labute approximate surface area is 174 Å². The topological polar surface area (TPSA) is 81.8 Å². The second kappa shape index (κ2) is 9.88.